The molecule has 0 aromatic heterocycles. The van der Waals surface area contributed by atoms with Crippen molar-refractivity contribution in [3.63, 3.8) is 0 Å². The molecule has 0 aliphatic carbocycles. The van der Waals surface area contributed by atoms with Gasteiger partial charge in [-0.1, -0.05) is 53.0 Å². The highest BCUT2D eigenvalue weighted by molar-refractivity contribution is 6.35. The van der Waals surface area contributed by atoms with Crippen LogP contribution in [-0.2, 0) is 6.42 Å². The van der Waals surface area contributed by atoms with Gasteiger partial charge in [0.05, 0.1) is 6.10 Å². The van der Waals surface area contributed by atoms with Crippen LogP contribution in [0.1, 0.15) is 28.4 Å². The molecule has 2 aromatic carbocycles. The van der Waals surface area contributed by atoms with Crippen LogP contribution in [0.2, 0.25) is 10.0 Å². The first kappa shape index (κ1) is 14.4. The second-order valence-electron chi connectivity index (χ2n) is 4.82. The second-order valence-corrected chi connectivity index (χ2v) is 5.66. The van der Waals surface area contributed by atoms with Crippen LogP contribution in [0.15, 0.2) is 36.4 Å². The second kappa shape index (κ2) is 5.96. The monoisotopic (exact) mass is 294 g/mol. The van der Waals surface area contributed by atoms with Gasteiger partial charge in [0.15, 0.2) is 0 Å². The van der Waals surface area contributed by atoms with E-state index >= 15 is 0 Å². The molecule has 100 valence electrons. The Bertz CT molecular complexity index is 593. The Morgan fingerprint density at radius 2 is 1.79 bits per heavy atom. The van der Waals surface area contributed by atoms with Crippen LogP contribution >= 0.6 is 23.2 Å². The van der Waals surface area contributed by atoms with Crippen LogP contribution in [0.4, 0.5) is 0 Å². The lowest BCUT2D eigenvalue weighted by Gasteiger charge is -2.15. The molecule has 1 atom stereocenters. The molecule has 0 radical (unpaired) electrons. The third-order valence-electron chi connectivity index (χ3n) is 3.21. The van der Waals surface area contributed by atoms with Crippen molar-refractivity contribution in [3.05, 3.63) is 68.7 Å². The Morgan fingerprint density at radius 3 is 2.42 bits per heavy atom. The largest absolute Gasteiger partial charge is 0.388 e. The topological polar surface area (TPSA) is 20.2 Å². The Labute approximate surface area is 123 Å². The van der Waals surface area contributed by atoms with Crippen LogP contribution in [0, 0.1) is 13.8 Å². The molecular formula is C16H16Cl2O. The van der Waals surface area contributed by atoms with E-state index in [1.165, 1.54) is 5.56 Å². The van der Waals surface area contributed by atoms with Gasteiger partial charge in [-0.15, -0.1) is 0 Å². The van der Waals surface area contributed by atoms with Crippen LogP contribution in [-0.4, -0.2) is 5.11 Å². The van der Waals surface area contributed by atoms with Crippen molar-refractivity contribution in [2.45, 2.75) is 26.4 Å². The first-order valence-electron chi connectivity index (χ1n) is 6.16. The van der Waals surface area contributed by atoms with Crippen molar-refractivity contribution in [3.8, 4) is 0 Å². The van der Waals surface area contributed by atoms with Gasteiger partial charge >= 0.3 is 0 Å². The zero-order valence-electron chi connectivity index (χ0n) is 11.0. The van der Waals surface area contributed by atoms with Crippen LogP contribution < -0.4 is 0 Å². The molecule has 0 fully saturated rings. The van der Waals surface area contributed by atoms with Gasteiger partial charge in [-0.05, 0) is 42.7 Å². The van der Waals surface area contributed by atoms with Gasteiger partial charge in [0.2, 0.25) is 0 Å². The zero-order chi connectivity index (χ0) is 14.0. The van der Waals surface area contributed by atoms with Crippen molar-refractivity contribution < 1.29 is 5.11 Å². The molecule has 2 aromatic rings. The average Bonchev–Trinajstić information content (AvgIpc) is 2.32. The van der Waals surface area contributed by atoms with E-state index in [4.69, 9.17) is 23.2 Å². The number of hydrogen-bond acceptors (Lipinski definition) is 1. The summed E-state index contributed by atoms with van der Waals surface area (Å²) < 4.78 is 0. The smallest absolute Gasteiger partial charge is 0.0833 e. The number of aliphatic hydroxyl groups is 1. The summed E-state index contributed by atoms with van der Waals surface area (Å²) in [6.07, 6.45) is -0.0702. The molecule has 0 aliphatic heterocycles. The van der Waals surface area contributed by atoms with E-state index in [1.54, 1.807) is 12.1 Å². The molecule has 0 saturated carbocycles. The molecule has 2 rings (SSSR count). The maximum Gasteiger partial charge on any atom is 0.0833 e. The number of halogens is 2. The highest BCUT2D eigenvalue weighted by atomic mass is 35.5. The summed E-state index contributed by atoms with van der Waals surface area (Å²) >= 11 is 12.0. The third-order valence-corrected chi connectivity index (χ3v) is 3.80. The first-order chi connectivity index (χ1) is 8.97. The number of rotatable bonds is 3. The van der Waals surface area contributed by atoms with Crippen LogP contribution in [0.5, 0.6) is 0 Å². The van der Waals surface area contributed by atoms with Gasteiger partial charge < -0.3 is 5.11 Å². The van der Waals surface area contributed by atoms with E-state index in [0.717, 1.165) is 16.7 Å². The van der Waals surface area contributed by atoms with Gasteiger partial charge in [0.1, 0.15) is 0 Å². The molecule has 1 nitrogen and oxygen atoms in total. The fourth-order valence-electron chi connectivity index (χ4n) is 2.20. The molecule has 3 heteroatoms. The lowest BCUT2D eigenvalue weighted by atomic mass is 9.96. The SMILES string of the molecule is Cc1ccc(C(O)Cc2ccc(Cl)cc2Cl)c(C)c1. The molecule has 0 bridgehead atoms. The van der Waals surface area contributed by atoms with Crippen molar-refractivity contribution in [2.75, 3.05) is 0 Å². The normalized spacial score (nSPS) is 12.5. The number of aryl methyl sites for hydroxylation is 2. The van der Waals surface area contributed by atoms with Crippen LogP contribution in [0.3, 0.4) is 0 Å². The summed E-state index contributed by atoms with van der Waals surface area (Å²) in [7, 11) is 0. The number of hydrogen-bond donors (Lipinski definition) is 1. The molecule has 0 spiro atoms. The van der Waals surface area contributed by atoms with Crippen LogP contribution in [0.25, 0.3) is 0 Å². The number of aliphatic hydroxyl groups excluding tert-OH is 1. The van der Waals surface area contributed by atoms with Crippen molar-refractivity contribution in [1.82, 2.24) is 0 Å². The lowest BCUT2D eigenvalue weighted by Crippen LogP contribution is -2.04. The van der Waals surface area contributed by atoms with Gasteiger partial charge in [-0.2, -0.15) is 0 Å². The van der Waals surface area contributed by atoms with E-state index in [0.29, 0.717) is 16.5 Å². The third kappa shape index (κ3) is 3.50. The fraction of sp³-hybridized carbons (Fsp3) is 0.250. The molecule has 0 saturated heterocycles. The van der Waals surface area contributed by atoms with Gasteiger partial charge in [-0.25, -0.2) is 0 Å². The molecule has 19 heavy (non-hydrogen) atoms. The van der Waals surface area contributed by atoms with E-state index in [-0.39, 0.29) is 0 Å². The summed E-state index contributed by atoms with van der Waals surface area (Å²) in [5.41, 5.74) is 4.13. The van der Waals surface area contributed by atoms with E-state index in [2.05, 4.69) is 6.07 Å². The first-order valence-corrected chi connectivity index (χ1v) is 6.92. The minimum atomic E-state index is -0.556. The molecule has 1 unspecified atom stereocenters. The van der Waals surface area contributed by atoms with Crippen molar-refractivity contribution in [2.24, 2.45) is 0 Å². The van der Waals surface area contributed by atoms with Crippen molar-refractivity contribution >= 4 is 23.2 Å². The minimum absolute atomic E-state index is 0.486. The summed E-state index contributed by atoms with van der Waals surface area (Å²) in [5, 5.41) is 11.5. The molecular weight excluding hydrogens is 279 g/mol. The van der Waals surface area contributed by atoms with Gasteiger partial charge in [0, 0.05) is 16.5 Å². The highest BCUT2D eigenvalue weighted by Gasteiger charge is 2.13. The summed E-state index contributed by atoms with van der Waals surface area (Å²) in [4.78, 5) is 0. The number of benzene rings is 2. The Hall–Kier alpha value is -1.02. The summed E-state index contributed by atoms with van der Waals surface area (Å²) in [5.74, 6) is 0. The Balaban J connectivity index is 2.23. The Morgan fingerprint density at radius 1 is 1.05 bits per heavy atom. The van der Waals surface area contributed by atoms with Gasteiger partial charge in [-0.3, -0.25) is 0 Å². The fourth-order valence-corrected chi connectivity index (χ4v) is 2.69. The maximum atomic E-state index is 10.3. The minimum Gasteiger partial charge on any atom is -0.388 e. The van der Waals surface area contributed by atoms with Gasteiger partial charge in [0.25, 0.3) is 0 Å². The predicted octanol–water partition coefficient (Wildman–Crippen LogP) is 4.89. The lowest BCUT2D eigenvalue weighted by molar-refractivity contribution is 0.178. The predicted molar refractivity (Wildman–Crippen MR) is 81.0 cm³/mol. The quantitative estimate of drug-likeness (QED) is 0.855. The van der Waals surface area contributed by atoms with E-state index in [9.17, 15) is 5.11 Å². The summed E-state index contributed by atoms with van der Waals surface area (Å²) in [6.45, 7) is 4.05. The zero-order valence-corrected chi connectivity index (χ0v) is 12.5. The van der Waals surface area contributed by atoms with E-state index < -0.39 is 6.10 Å². The molecule has 0 amide bonds. The average molecular weight is 295 g/mol. The Kier molecular flexibility index (Phi) is 4.51. The van der Waals surface area contributed by atoms with E-state index in [1.807, 2.05) is 32.0 Å². The standard InChI is InChI=1S/C16H16Cl2O/c1-10-3-6-14(11(2)7-10)16(19)8-12-4-5-13(17)9-15(12)18/h3-7,9,16,19H,8H2,1-2H3. The highest BCUT2D eigenvalue weighted by Crippen LogP contribution is 2.27. The molecule has 0 aliphatic rings. The summed E-state index contributed by atoms with van der Waals surface area (Å²) in [6, 6.07) is 11.4. The van der Waals surface area contributed by atoms with Crippen molar-refractivity contribution in [1.29, 1.82) is 0 Å². The maximum absolute atomic E-state index is 10.3. The molecule has 1 N–H and O–H groups in total. The molecule has 0 heterocycles.